The number of anilines is 1. The minimum absolute atomic E-state index is 0.0255. The van der Waals surface area contributed by atoms with Gasteiger partial charge in [-0.25, -0.2) is 4.79 Å². The highest BCUT2D eigenvalue weighted by Gasteiger charge is 2.46. The van der Waals surface area contributed by atoms with E-state index in [1.807, 2.05) is 48.5 Å². The van der Waals surface area contributed by atoms with Gasteiger partial charge >= 0.3 is 6.03 Å². The molecule has 0 bridgehead atoms. The van der Waals surface area contributed by atoms with Crippen molar-refractivity contribution in [3.63, 3.8) is 0 Å². The molecule has 2 heterocycles. The number of aliphatic hydroxyl groups is 1. The molecule has 1 aliphatic carbocycles. The predicted octanol–water partition coefficient (Wildman–Crippen LogP) is 3.45. The summed E-state index contributed by atoms with van der Waals surface area (Å²) >= 11 is 0. The number of carbonyl (C=O) groups excluding carboxylic acids is 2. The molecule has 35 heavy (non-hydrogen) atoms. The Morgan fingerprint density at radius 3 is 2.63 bits per heavy atom. The predicted molar refractivity (Wildman–Crippen MR) is 131 cm³/mol. The molecule has 3 amide bonds. The van der Waals surface area contributed by atoms with Gasteiger partial charge in [0.25, 0.3) is 0 Å². The smallest absolute Gasteiger partial charge is 0.319 e. The number of ether oxygens (including phenoxy) is 2. The normalized spacial score (nSPS) is 25.3. The van der Waals surface area contributed by atoms with Crippen LogP contribution in [0.25, 0.3) is 0 Å². The lowest BCUT2D eigenvalue weighted by Crippen LogP contribution is -2.47. The third-order valence-electron chi connectivity index (χ3n) is 7.19. The largest absolute Gasteiger partial charge is 0.487 e. The summed E-state index contributed by atoms with van der Waals surface area (Å²) in [5.74, 6) is 0.618. The molecule has 4 atom stereocenters. The van der Waals surface area contributed by atoms with Crippen molar-refractivity contribution < 1.29 is 24.2 Å². The summed E-state index contributed by atoms with van der Waals surface area (Å²) in [6.07, 6.45) is 4.01. The van der Waals surface area contributed by atoms with Gasteiger partial charge < -0.3 is 30.5 Å². The fourth-order valence-electron chi connectivity index (χ4n) is 5.47. The van der Waals surface area contributed by atoms with Crippen LogP contribution < -0.4 is 20.7 Å². The van der Waals surface area contributed by atoms with Crippen LogP contribution in [-0.2, 0) is 16.1 Å². The molecule has 8 heteroatoms. The van der Waals surface area contributed by atoms with E-state index in [9.17, 15) is 14.7 Å². The van der Waals surface area contributed by atoms with E-state index in [0.29, 0.717) is 18.7 Å². The zero-order valence-electron chi connectivity index (χ0n) is 19.7. The van der Waals surface area contributed by atoms with Crippen LogP contribution in [0.5, 0.6) is 5.75 Å². The van der Waals surface area contributed by atoms with Crippen LogP contribution in [0.3, 0.4) is 0 Å². The Labute approximate surface area is 205 Å². The molecular weight excluding hydrogens is 446 g/mol. The first-order valence-corrected chi connectivity index (χ1v) is 12.5. The van der Waals surface area contributed by atoms with Gasteiger partial charge in [-0.05, 0) is 43.0 Å². The first-order chi connectivity index (χ1) is 17.1. The maximum Gasteiger partial charge on any atom is 0.319 e. The minimum atomic E-state index is -0.518. The summed E-state index contributed by atoms with van der Waals surface area (Å²) < 4.78 is 12.2. The molecule has 2 aromatic rings. The maximum absolute atomic E-state index is 12.6. The molecular formula is C27H33N3O5. The number of nitrogens with one attached hydrogen (secondary N) is 3. The lowest BCUT2D eigenvalue weighted by Gasteiger charge is -2.37. The van der Waals surface area contributed by atoms with Crippen LogP contribution in [-0.4, -0.2) is 48.0 Å². The lowest BCUT2D eigenvalue weighted by atomic mass is 9.84. The van der Waals surface area contributed by atoms with E-state index in [-0.39, 0.29) is 49.1 Å². The molecule has 3 aliphatic rings. The van der Waals surface area contributed by atoms with Crippen molar-refractivity contribution >= 4 is 17.6 Å². The number of hydrogen-bond acceptors (Lipinski definition) is 5. The Morgan fingerprint density at radius 1 is 1.06 bits per heavy atom. The summed E-state index contributed by atoms with van der Waals surface area (Å²) in [7, 11) is 0. The SMILES string of the molecule is O=C(C[C@@H]1C[C@H]2c3cc(NC(=O)NC4CCCC4)ccc3O[C@H]2[C@@H](CO)O1)NCc1ccccc1. The van der Waals surface area contributed by atoms with E-state index in [1.165, 1.54) is 0 Å². The monoisotopic (exact) mass is 479 g/mol. The minimum Gasteiger partial charge on any atom is -0.487 e. The van der Waals surface area contributed by atoms with E-state index in [2.05, 4.69) is 16.0 Å². The van der Waals surface area contributed by atoms with E-state index in [0.717, 1.165) is 42.6 Å². The van der Waals surface area contributed by atoms with Crippen molar-refractivity contribution in [1.29, 1.82) is 0 Å². The van der Waals surface area contributed by atoms with Crippen LogP contribution in [0, 0.1) is 0 Å². The summed E-state index contributed by atoms with van der Waals surface area (Å²) in [5.41, 5.74) is 2.71. The van der Waals surface area contributed by atoms with Gasteiger partial charge in [-0.3, -0.25) is 4.79 Å². The maximum atomic E-state index is 12.6. The van der Waals surface area contributed by atoms with Gasteiger partial charge in [0.2, 0.25) is 5.91 Å². The summed E-state index contributed by atoms with van der Waals surface area (Å²) in [6, 6.07) is 15.4. The molecule has 1 saturated carbocycles. The average Bonchev–Trinajstić information content (AvgIpc) is 3.50. The first kappa shape index (κ1) is 23.6. The lowest BCUT2D eigenvalue weighted by molar-refractivity contribution is -0.142. The van der Waals surface area contributed by atoms with Gasteiger partial charge in [0.05, 0.1) is 19.1 Å². The second-order valence-electron chi connectivity index (χ2n) is 9.70. The van der Waals surface area contributed by atoms with Crippen molar-refractivity contribution in [2.75, 3.05) is 11.9 Å². The van der Waals surface area contributed by atoms with E-state index in [4.69, 9.17) is 9.47 Å². The third-order valence-corrected chi connectivity index (χ3v) is 7.19. The van der Waals surface area contributed by atoms with E-state index in [1.54, 1.807) is 0 Å². The number of rotatable bonds is 7. The van der Waals surface area contributed by atoms with Gasteiger partial charge in [0.15, 0.2) is 0 Å². The number of aliphatic hydroxyl groups excluding tert-OH is 1. The molecule has 1 saturated heterocycles. The molecule has 186 valence electrons. The highest BCUT2D eigenvalue weighted by atomic mass is 16.6. The topological polar surface area (TPSA) is 109 Å². The Kier molecular flexibility index (Phi) is 7.20. The molecule has 5 rings (SSSR count). The van der Waals surface area contributed by atoms with Crippen molar-refractivity contribution in [3.8, 4) is 5.75 Å². The molecule has 4 N–H and O–H groups in total. The molecule has 2 aromatic carbocycles. The second kappa shape index (κ2) is 10.7. The van der Waals surface area contributed by atoms with E-state index >= 15 is 0 Å². The Hall–Kier alpha value is -3.10. The molecule has 2 aliphatic heterocycles. The van der Waals surface area contributed by atoms with Gasteiger partial charge in [-0.15, -0.1) is 0 Å². The zero-order valence-corrected chi connectivity index (χ0v) is 19.7. The highest BCUT2D eigenvalue weighted by molar-refractivity contribution is 5.89. The van der Waals surface area contributed by atoms with Gasteiger partial charge in [-0.1, -0.05) is 43.2 Å². The average molecular weight is 480 g/mol. The Morgan fingerprint density at radius 2 is 1.86 bits per heavy atom. The third kappa shape index (κ3) is 5.60. The van der Waals surface area contributed by atoms with Crippen molar-refractivity contribution in [2.45, 2.75) is 75.3 Å². The van der Waals surface area contributed by atoms with Crippen molar-refractivity contribution in [1.82, 2.24) is 10.6 Å². The van der Waals surface area contributed by atoms with Crippen LogP contribution >= 0.6 is 0 Å². The van der Waals surface area contributed by atoms with Crippen LogP contribution in [0.1, 0.15) is 55.6 Å². The molecule has 0 unspecified atom stereocenters. The molecule has 0 aromatic heterocycles. The number of urea groups is 1. The van der Waals surface area contributed by atoms with Crippen LogP contribution in [0.4, 0.5) is 10.5 Å². The number of fused-ring (bicyclic) bond motifs is 3. The van der Waals surface area contributed by atoms with Crippen molar-refractivity contribution in [3.05, 3.63) is 59.7 Å². The van der Waals surface area contributed by atoms with Gasteiger partial charge in [0.1, 0.15) is 18.0 Å². The fraction of sp³-hybridized carbons (Fsp3) is 0.481. The van der Waals surface area contributed by atoms with Crippen LogP contribution in [0.2, 0.25) is 0 Å². The van der Waals surface area contributed by atoms with Gasteiger partial charge in [0, 0.05) is 29.8 Å². The highest BCUT2D eigenvalue weighted by Crippen LogP contribution is 2.47. The number of benzene rings is 2. The Bertz CT molecular complexity index is 1040. The van der Waals surface area contributed by atoms with Gasteiger partial charge in [-0.2, -0.15) is 0 Å². The molecule has 2 fully saturated rings. The number of hydrogen-bond donors (Lipinski definition) is 4. The fourth-order valence-corrected chi connectivity index (χ4v) is 5.47. The van der Waals surface area contributed by atoms with Crippen molar-refractivity contribution in [2.24, 2.45) is 0 Å². The molecule has 0 radical (unpaired) electrons. The first-order valence-electron chi connectivity index (χ1n) is 12.5. The summed E-state index contributed by atoms with van der Waals surface area (Å²) in [4.78, 5) is 25.0. The standard InChI is InChI=1S/C27H33N3O5/c31-16-24-26-22(13-20(34-24)14-25(32)28-15-17-6-2-1-3-7-17)21-12-19(10-11-23(21)35-26)30-27(33)29-18-8-4-5-9-18/h1-3,6-7,10-12,18,20,22,24,26,31H,4-5,8-9,13-16H2,(H,28,32)(H2,29,30,33)/t20-,22-,24+,26+/m0/s1. The Balaban J connectivity index is 1.22. The summed E-state index contributed by atoms with van der Waals surface area (Å²) in [5, 5.41) is 18.9. The quantitative estimate of drug-likeness (QED) is 0.486. The summed E-state index contributed by atoms with van der Waals surface area (Å²) in [6.45, 7) is 0.276. The van der Waals surface area contributed by atoms with E-state index < -0.39 is 6.10 Å². The zero-order chi connectivity index (χ0) is 24.2. The second-order valence-corrected chi connectivity index (χ2v) is 9.70. The number of carbonyl (C=O) groups is 2. The molecule has 0 spiro atoms. The number of amides is 3. The van der Waals surface area contributed by atoms with Crippen LogP contribution in [0.15, 0.2) is 48.5 Å². The molecule has 8 nitrogen and oxygen atoms in total.